The maximum absolute atomic E-state index is 12.1. The van der Waals surface area contributed by atoms with E-state index in [-0.39, 0.29) is 12.1 Å². The Morgan fingerprint density at radius 3 is 2.43 bits per heavy atom. The molecule has 1 saturated heterocycles. The summed E-state index contributed by atoms with van der Waals surface area (Å²) in [5, 5.41) is 4.97. The summed E-state index contributed by atoms with van der Waals surface area (Å²) in [5.74, 6) is 0. The van der Waals surface area contributed by atoms with Crippen LogP contribution in [0.5, 0.6) is 0 Å². The molecular weight excluding hydrogens is 314 g/mol. The van der Waals surface area contributed by atoms with E-state index in [1.54, 1.807) is 21.1 Å². The molecule has 1 aliphatic rings. The lowest BCUT2D eigenvalue weighted by Gasteiger charge is -2.35. The molecule has 0 radical (unpaired) electrons. The third kappa shape index (κ3) is 5.74. The fourth-order valence-electron chi connectivity index (χ4n) is 2.28. The Kier molecular flexibility index (Phi) is 5.87. The average molecular weight is 339 g/mol. The first-order valence-corrected chi connectivity index (χ1v) is 8.76. The molecule has 0 spiro atoms. The number of nitrogens with one attached hydrogen (secondary N) is 1. The summed E-state index contributed by atoms with van der Waals surface area (Å²) < 4.78 is 5.35. The molecule has 1 N–H and O–H groups in total. The van der Waals surface area contributed by atoms with Crippen LogP contribution in [0.3, 0.4) is 0 Å². The maximum Gasteiger partial charge on any atom is 0.410 e. The molecule has 0 atom stereocenters. The normalized spacial score (nSPS) is 15.4. The molecule has 0 bridgehead atoms. The minimum atomic E-state index is -0.493. The standard InChI is InChI=1S/C16H25N3O3S/c1-16(2,3)22-15(21)19-10-8-18(9-11-19)14(20)17-7-6-13-5-4-12-23-13/h4-5,12H,6-11H2,1-3H3,(H,17,20). The first kappa shape index (κ1) is 17.6. The third-order valence-corrected chi connectivity index (χ3v) is 4.38. The van der Waals surface area contributed by atoms with E-state index >= 15 is 0 Å². The molecule has 3 amide bonds. The van der Waals surface area contributed by atoms with Gasteiger partial charge in [-0.25, -0.2) is 9.59 Å². The predicted molar refractivity (Wildman–Crippen MR) is 90.8 cm³/mol. The molecule has 2 heterocycles. The Labute approximate surface area is 141 Å². The summed E-state index contributed by atoms with van der Waals surface area (Å²) >= 11 is 1.70. The van der Waals surface area contributed by atoms with E-state index in [1.807, 2.05) is 32.2 Å². The lowest BCUT2D eigenvalue weighted by molar-refractivity contribution is 0.0170. The Bertz CT molecular complexity index is 517. The molecule has 6 nitrogen and oxygen atoms in total. The SMILES string of the molecule is CC(C)(C)OC(=O)N1CCN(C(=O)NCCc2cccs2)CC1. The van der Waals surface area contributed by atoms with Crippen LogP contribution in [0.25, 0.3) is 0 Å². The number of amides is 3. The van der Waals surface area contributed by atoms with Crippen molar-refractivity contribution in [1.82, 2.24) is 15.1 Å². The minimum Gasteiger partial charge on any atom is -0.444 e. The van der Waals surface area contributed by atoms with Gasteiger partial charge in [0.1, 0.15) is 5.60 Å². The van der Waals surface area contributed by atoms with Gasteiger partial charge >= 0.3 is 12.1 Å². The van der Waals surface area contributed by atoms with E-state index in [1.165, 1.54) is 4.88 Å². The average Bonchev–Trinajstić information content (AvgIpc) is 2.99. The van der Waals surface area contributed by atoms with Crippen molar-refractivity contribution in [3.63, 3.8) is 0 Å². The molecule has 23 heavy (non-hydrogen) atoms. The lowest BCUT2D eigenvalue weighted by atomic mass is 10.2. The number of piperazine rings is 1. The second-order valence-electron chi connectivity index (χ2n) is 6.52. The number of ether oxygens (including phenoxy) is 1. The number of carbonyl (C=O) groups is 2. The quantitative estimate of drug-likeness (QED) is 0.920. The van der Waals surface area contributed by atoms with E-state index in [9.17, 15) is 9.59 Å². The van der Waals surface area contributed by atoms with E-state index < -0.39 is 5.60 Å². The van der Waals surface area contributed by atoms with Crippen LogP contribution in [0.15, 0.2) is 17.5 Å². The fourth-order valence-corrected chi connectivity index (χ4v) is 2.99. The summed E-state index contributed by atoms with van der Waals surface area (Å²) in [6, 6.07) is 4.01. The van der Waals surface area contributed by atoms with Gasteiger partial charge in [0.25, 0.3) is 0 Å². The van der Waals surface area contributed by atoms with Gasteiger partial charge in [-0.3, -0.25) is 0 Å². The van der Waals surface area contributed by atoms with Gasteiger partial charge in [0.15, 0.2) is 0 Å². The van der Waals surface area contributed by atoms with Crippen LogP contribution >= 0.6 is 11.3 Å². The van der Waals surface area contributed by atoms with E-state index in [0.29, 0.717) is 32.7 Å². The molecule has 0 saturated carbocycles. The second kappa shape index (κ2) is 7.68. The first-order valence-electron chi connectivity index (χ1n) is 7.88. The molecular formula is C16H25N3O3S. The van der Waals surface area contributed by atoms with Gasteiger partial charge in [-0.2, -0.15) is 0 Å². The first-order chi connectivity index (χ1) is 10.8. The number of rotatable bonds is 3. The zero-order valence-corrected chi connectivity index (χ0v) is 14.8. The van der Waals surface area contributed by atoms with Gasteiger partial charge in [-0.15, -0.1) is 11.3 Å². The highest BCUT2D eigenvalue weighted by Gasteiger charge is 2.27. The van der Waals surface area contributed by atoms with Crippen LogP contribution in [0, 0.1) is 0 Å². The zero-order chi connectivity index (χ0) is 16.9. The Balaban J connectivity index is 1.69. The second-order valence-corrected chi connectivity index (χ2v) is 7.55. The van der Waals surface area contributed by atoms with Crippen LogP contribution < -0.4 is 5.32 Å². The van der Waals surface area contributed by atoms with Gasteiger partial charge < -0.3 is 19.9 Å². The number of hydrogen-bond acceptors (Lipinski definition) is 4. The number of nitrogens with zero attached hydrogens (tertiary/aromatic N) is 2. The minimum absolute atomic E-state index is 0.0644. The molecule has 0 aliphatic carbocycles. The summed E-state index contributed by atoms with van der Waals surface area (Å²) in [7, 11) is 0. The van der Waals surface area contributed by atoms with Crippen LogP contribution in [0.1, 0.15) is 25.6 Å². The highest BCUT2D eigenvalue weighted by atomic mass is 32.1. The van der Waals surface area contributed by atoms with Gasteiger partial charge in [0.05, 0.1) is 0 Å². The Morgan fingerprint density at radius 1 is 1.22 bits per heavy atom. The van der Waals surface area contributed by atoms with Crippen molar-refractivity contribution in [1.29, 1.82) is 0 Å². The largest absolute Gasteiger partial charge is 0.444 e. The highest BCUT2D eigenvalue weighted by molar-refractivity contribution is 7.09. The van der Waals surface area contributed by atoms with Crippen LogP contribution in [0.4, 0.5) is 9.59 Å². The van der Waals surface area contributed by atoms with Gasteiger partial charge in [-0.05, 0) is 38.6 Å². The Hall–Kier alpha value is -1.76. The Morgan fingerprint density at radius 2 is 1.87 bits per heavy atom. The molecule has 2 rings (SSSR count). The predicted octanol–water partition coefficient (Wildman–Crippen LogP) is 2.55. The van der Waals surface area contributed by atoms with Gasteiger partial charge in [0, 0.05) is 37.6 Å². The summed E-state index contributed by atoms with van der Waals surface area (Å²) in [6.07, 6.45) is 0.539. The molecule has 1 aliphatic heterocycles. The van der Waals surface area contributed by atoms with Crippen molar-refractivity contribution in [3.8, 4) is 0 Å². The summed E-state index contributed by atoms with van der Waals surface area (Å²) in [4.78, 5) is 28.8. The van der Waals surface area contributed by atoms with Crippen molar-refractivity contribution in [3.05, 3.63) is 22.4 Å². The van der Waals surface area contributed by atoms with Crippen molar-refractivity contribution < 1.29 is 14.3 Å². The van der Waals surface area contributed by atoms with E-state index in [4.69, 9.17) is 4.74 Å². The fraction of sp³-hybridized carbons (Fsp3) is 0.625. The smallest absolute Gasteiger partial charge is 0.410 e. The number of urea groups is 1. The van der Waals surface area contributed by atoms with Crippen molar-refractivity contribution in [2.24, 2.45) is 0 Å². The molecule has 0 aromatic carbocycles. The molecule has 1 aromatic heterocycles. The zero-order valence-electron chi connectivity index (χ0n) is 14.0. The molecule has 7 heteroatoms. The van der Waals surface area contributed by atoms with Gasteiger partial charge in [-0.1, -0.05) is 6.07 Å². The van der Waals surface area contributed by atoms with Crippen LogP contribution in [0.2, 0.25) is 0 Å². The number of hydrogen-bond donors (Lipinski definition) is 1. The summed E-state index contributed by atoms with van der Waals surface area (Å²) in [5.41, 5.74) is -0.493. The topological polar surface area (TPSA) is 61.9 Å². The van der Waals surface area contributed by atoms with E-state index in [0.717, 1.165) is 6.42 Å². The lowest BCUT2D eigenvalue weighted by Crippen LogP contribution is -2.54. The van der Waals surface area contributed by atoms with Gasteiger partial charge in [0.2, 0.25) is 0 Å². The van der Waals surface area contributed by atoms with Crippen molar-refractivity contribution in [2.75, 3.05) is 32.7 Å². The molecule has 1 fully saturated rings. The molecule has 128 valence electrons. The number of thiophene rings is 1. The third-order valence-electron chi connectivity index (χ3n) is 3.45. The molecule has 1 aromatic rings. The maximum atomic E-state index is 12.1. The summed E-state index contributed by atoms with van der Waals surface area (Å²) in [6.45, 7) is 8.26. The van der Waals surface area contributed by atoms with Crippen LogP contribution in [-0.2, 0) is 11.2 Å². The highest BCUT2D eigenvalue weighted by Crippen LogP contribution is 2.12. The van der Waals surface area contributed by atoms with Crippen molar-refractivity contribution >= 4 is 23.5 Å². The van der Waals surface area contributed by atoms with Crippen molar-refractivity contribution in [2.45, 2.75) is 32.8 Å². The number of carbonyl (C=O) groups excluding carboxylic acids is 2. The molecule has 0 unspecified atom stereocenters. The monoisotopic (exact) mass is 339 g/mol. The van der Waals surface area contributed by atoms with E-state index in [2.05, 4.69) is 11.4 Å². The van der Waals surface area contributed by atoms with Crippen LogP contribution in [-0.4, -0.2) is 60.2 Å².